The lowest BCUT2D eigenvalue weighted by molar-refractivity contribution is 0.0169. The van der Waals surface area contributed by atoms with Crippen molar-refractivity contribution in [2.24, 2.45) is 4.99 Å². The molecule has 1 unspecified atom stereocenters. The molecule has 1 saturated carbocycles. The molecule has 1 saturated heterocycles. The lowest BCUT2D eigenvalue weighted by Gasteiger charge is -2.35. The van der Waals surface area contributed by atoms with Crippen molar-refractivity contribution in [1.82, 2.24) is 20.4 Å². The molecule has 2 N–H and O–H groups in total. The summed E-state index contributed by atoms with van der Waals surface area (Å²) in [6.45, 7) is 5.96. The molecule has 1 aliphatic heterocycles. The monoisotopic (exact) mass is 575 g/mol. The fourth-order valence-corrected chi connectivity index (χ4v) is 4.70. The summed E-state index contributed by atoms with van der Waals surface area (Å²) in [6.07, 6.45) is 5.39. The Labute approximate surface area is 216 Å². The molecule has 188 valence electrons. The van der Waals surface area contributed by atoms with E-state index >= 15 is 0 Å². The van der Waals surface area contributed by atoms with Crippen LogP contribution < -0.4 is 20.1 Å². The number of benzene rings is 1. The standard InChI is InChI=1S/C24H41N5O3.HI/c1-25-24(26-11-12-28(2)20-7-5-6-8-20)27-18-21(29-13-15-32-16-14-29)19-9-10-22(30-3)23(17-19)31-4;/h9-10,17,20-21H,5-8,11-16,18H2,1-4H3,(H2,25,26,27);1H. The SMILES string of the molecule is CN=C(NCCN(C)C1CCCC1)NCC(c1ccc(OC)c(OC)c1)N1CCOCC1.I. The van der Waals surface area contributed by atoms with Crippen LogP contribution in [0.25, 0.3) is 0 Å². The Morgan fingerprint density at radius 3 is 2.48 bits per heavy atom. The number of rotatable bonds is 10. The summed E-state index contributed by atoms with van der Waals surface area (Å²) < 4.78 is 16.6. The smallest absolute Gasteiger partial charge is 0.191 e. The number of hydrogen-bond donors (Lipinski definition) is 2. The van der Waals surface area contributed by atoms with Crippen molar-refractivity contribution in [3.63, 3.8) is 0 Å². The van der Waals surface area contributed by atoms with E-state index in [2.05, 4.69) is 44.6 Å². The topological polar surface area (TPSA) is 70.6 Å². The van der Waals surface area contributed by atoms with Crippen molar-refractivity contribution in [2.45, 2.75) is 37.8 Å². The lowest BCUT2D eigenvalue weighted by atomic mass is 10.0. The summed E-state index contributed by atoms with van der Waals surface area (Å²) in [4.78, 5) is 9.38. The highest BCUT2D eigenvalue weighted by atomic mass is 127. The predicted molar refractivity (Wildman–Crippen MR) is 144 cm³/mol. The van der Waals surface area contributed by atoms with Crippen molar-refractivity contribution in [3.8, 4) is 11.5 Å². The Bertz CT molecular complexity index is 724. The van der Waals surface area contributed by atoms with Crippen LogP contribution in [-0.4, -0.2) is 96.1 Å². The second-order valence-corrected chi connectivity index (χ2v) is 8.58. The molecule has 1 aromatic carbocycles. The number of nitrogens with one attached hydrogen (secondary N) is 2. The average molecular weight is 576 g/mol. The third-order valence-electron chi connectivity index (χ3n) is 6.67. The van der Waals surface area contributed by atoms with Crippen LogP contribution in [0.3, 0.4) is 0 Å². The van der Waals surface area contributed by atoms with Crippen molar-refractivity contribution in [1.29, 1.82) is 0 Å². The Morgan fingerprint density at radius 2 is 1.85 bits per heavy atom. The van der Waals surface area contributed by atoms with E-state index in [4.69, 9.17) is 14.2 Å². The molecule has 1 aromatic rings. The lowest BCUT2D eigenvalue weighted by Crippen LogP contribution is -2.47. The summed E-state index contributed by atoms with van der Waals surface area (Å²) >= 11 is 0. The number of hydrogen-bond acceptors (Lipinski definition) is 6. The van der Waals surface area contributed by atoms with E-state index < -0.39 is 0 Å². The second kappa shape index (κ2) is 14.9. The van der Waals surface area contributed by atoms with Crippen LogP contribution >= 0.6 is 24.0 Å². The van der Waals surface area contributed by atoms with Gasteiger partial charge in [0.05, 0.1) is 33.5 Å². The Hall–Kier alpha value is -1.30. The van der Waals surface area contributed by atoms with Gasteiger partial charge in [-0.15, -0.1) is 24.0 Å². The Morgan fingerprint density at radius 1 is 1.15 bits per heavy atom. The van der Waals surface area contributed by atoms with Crippen LogP contribution in [0.15, 0.2) is 23.2 Å². The van der Waals surface area contributed by atoms with Crippen molar-refractivity contribution in [3.05, 3.63) is 23.8 Å². The molecule has 3 rings (SSSR count). The highest BCUT2D eigenvalue weighted by molar-refractivity contribution is 14.0. The fourth-order valence-electron chi connectivity index (χ4n) is 4.70. The van der Waals surface area contributed by atoms with Gasteiger partial charge in [0, 0.05) is 45.8 Å². The molecule has 8 nitrogen and oxygen atoms in total. The molecule has 9 heteroatoms. The van der Waals surface area contributed by atoms with E-state index in [-0.39, 0.29) is 30.0 Å². The van der Waals surface area contributed by atoms with Gasteiger partial charge in [0.1, 0.15) is 0 Å². The Kier molecular flexibility index (Phi) is 12.6. The van der Waals surface area contributed by atoms with Crippen molar-refractivity contribution in [2.75, 3.05) is 74.3 Å². The molecule has 1 atom stereocenters. The number of nitrogens with zero attached hydrogens (tertiary/aromatic N) is 3. The molecular formula is C24H42IN5O3. The summed E-state index contributed by atoms with van der Waals surface area (Å²) in [7, 11) is 7.41. The molecule has 1 aliphatic carbocycles. The average Bonchev–Trinajstić information content (AvgIpc) is 3.38. The van der Waals surface area contributed by atoms with Gasteiger partial charge in [-0.3, -0.25) is 9.89 Å². The molecule has 0 radical (unpaired) electrons. The van der Waals surface area contributed by atoms with E-state index in [0.29, 0.717) is 0 Å². The molecule has 33 heavy (non-hydrogen) atoms. The molecule has 2 fully saturated rings. The zero-order valence-electron chi connectivity index (χ0n) is 20.6. The largest absolute Gasteiger partial charge is 0.493 e. The molecule has 0 spiro atoms. The van der Waals surface area contributed by atoms with Gasteiger partial charge >= 0.3 is 0 Å². The van der Waals surface area contributed by atoms with Crippen LogP contribution in [0.2, 0.25) is 0 Å². The maximum atomic E-state index is 5.58. The van der Waals surface area contributed by atoms with Crippen LogP contribution in [0.1, 0.15) is 37.3 Å². The summed E-state index contributed by atoms with van der Waals surface area (Å²) in [5, 5.41) is 7.02. The van der Waals surface area contributed by atoms with Crippen LogP contribution in [0, 0.1) is 0 Å². The maximum absolute atomic E-state index is 5.58. The fraction of sp³-hybridized carbons (Fsp3) is 0.708. The normalized spacial score (nSPS) is 18.6. The number of halogens is 1. The van der Waals surface area contributed by atoms with Gasteiger partial charge in [0.15, 0.2) is 17.5 Å². The van der Waals surface area contributed by atoms with Crippen molar-refractivity contribution >= 4 is 29.9 Å². The molecule has 0 aromatic heterocycles. The maximum Gasteiger partial charge on any atom is 0.191 e. The number of aliphatic imine (C=N–C) groups is 1. The Balaban J connectivity index is 0.00000385. The highest BCUT2D eigenvalue weighted by Gasteiger charge is 2.24. The van der Waals surface area contributed by atoms with E-state index in [1.165, 1.54) is 31.2 Å². The van der Waals surface area contributed by atoms with E-state index in [0.717, 1.165) is 69.4 Å². The highest BCUT2D eigenvalue weighted by Crippen LogP contribution is 2.32. The molecule has 0 amide bonds. The van der Waals surface area contributed by atoms with E-state index in [1.807, 2.05) is 13.1 Å². The van der Waals surface area contributed by atoms with Gasteiger partial charge < -0.3 is 29.7 Å². The first-order valence-corrected chi connectivity index (χ1v) is 11.8. The first-order chi connectivity index (χ1) is 15.7. The minimum absolute atomic E-state index is 0. The van der Waals surface area contributed by atoms with Crippen LogP contribution in [0.4, 0.5) is 0 Å². The predicted octanol–water partition coefficient (Wildman–Crippen LogP) is 2.73. The van der Waals surface area contributed by atoms with Crippen LogP contribution in [-0.2, 0) is 4.74 Å². The first-order valence-electron chi connectivity index (χ1n) is 11.8. The summed E-state index contributed by atoms with van der Waals surface area (Å²) in [5.74, 6) is 2.33. The van der Waals surface area contributed by atoms with Gasteiger partial charge in [0.25, 0.3) is 0 Å². The molecule has 2 aliphatic rings. The zero-order valence-corrected chi connectivity index (χ0v) is 23.0. The number of morpholine rings is 1. The van der Waals surface area contributed by atoms with E-state index in [1.54, 1.807) is 14.2 Å². The zero-order chi connectivity index (χ0) is 22.8. The minimum atomic E-state index is 0. The number of methoxy groups -OCH3 is 2. The third-order valence-corrected chi connectivity index (χ3v) is 6.67. The molecular weight excluding hydrogens is 533 g/mol. The molecule has 1 heterocycles. The second-order valence-electron chi connectivity index (χ2n) is 8.58. The summed E-state index contributed by atoms with van der Waals surface area (Å²) in [6, 6.07) is 7.09. The quantitative estimate of drug-likeness (QED) is 0.253. The first kappa shape index (κ1) is 27.9. The summed E-state index contributed by atoms with van der Waals surface area (Å²) in [5.41, 5.74) is 1.19. The van der Waals surface area contributed by atoms with Gasteiger partial charge in [-0.25, -0.2) is 0 Å². The van der Waals surface area contributed by atoms with Gasteiger partial charge in [-0.05, 0) is 37.6 Å². The molecule has 0 bridgehead atoms. The van der Waals surface area contributed by atoms with Gasteiger partial charge in [-0.1, -0.05) is 18.9 Å². The van der Waals surface area contributed by atoms with Gasteiger partial charge in [-0.2, -0.15) is 0 Å². The van der Waals surface area contributed by atoms with Crippen molar-refractivity contribution < 1.29 is 14.2 Å². The number of guanidine groups is 1. The third kappa shape index (κ3) is 8.15. The minimum Gasteiger partial charge on any atom is -0.493 e. The van der Waals surface area contributed by atoms with E-state index in [9.17, 15) is 0 Å². The van der Waals surface area contributed by atoms with Crippen LogP contribution in [0.5, 0.6) is 11.5 Å². The number of likely N-dealkylation sites (N-methyl/N-ethyl adjacent to an activating group) is 1. The number of ether oxygens (including phenoxy) is 3. The van der Waals surface area contributed by atoms with Gasteiger partial charge in [0.2, 0.25) is 0 Å².